The molecule has 0 saturated carbocycles. The van der Waals surface area contributed by atoms with Crippen LogP contribution < -0.4 is 0 Å². The van der Waals surface area contributed by atoms with E-state index in [4.69, 9.17) is 11.6 Å². The molecule has 3 aromatic heterocycles. The van der Waals surface area contributed by atoms with Gasteiger partial charge in [0.05, 0.1) is 29.3 Å². The molecular weight excluding hydrogens is 318 g/mol. The van der Waals surface area contributed by atoms with Crippen molar-refractivity contribution >= 4 is 45.3 Å². The zero-order chi connectivity index (χ0) is 15.1. The Hall–Kier alpha value is -2.05. The summed E-state index contributed by atoms with van der Waals surface area (Å²) in [6.45, 7) is 0.565. The maximum Gasteiger partial charge on any atom is 0.129 e. The Morgan fingerprint density at radius 1 is 1.32 bits per heavy atom. The number of fused-ring (bicyclic) bond motifs is 2. The molecule has 0 saturated heterocycles. The van der Waals surface area contributed by atoms with Crippen LogP contribution in [0.25, 0.3) is 21.9 Å². The van der Waals surface area contributed by atoms with Gasteiger partial charge in [0, 0.05) is 16.6 Å². The molecular formula is C15H12ClN5S. The van der Waals surface area contributed by atoms with Crippen molar-refractivity contribution in [1.82, 2.24) is 24.7 Å². The number of nitrogens with zero attached hydrogens (tertiary/aromatic N) is 4. The first-order valence-corrected chi connectivity index (χ1v) is 8.33. The van der Waals surface area contributed by atoms with Crippen LogP contribution in [-0.4, -0.2) is 31.0 Å². The molecule has 1 aromatic carbocycles. The predicted octanol–water partition coefficient (Wildman–Crippen LogP) is 3.73. The highest BCUT2D eigenvalue weighted by Gasteiger charge is 2.11. The number of imidazole rings is 1. The van der Waals surface area contributed by atoms with E-state index in [1.165, 1.54) is 0 Å². The summed E-state index contributed by atoms with van der Waals surface area (Å²) in [5, 5.41) is 7.45. The van der Waals surface area contributed by atoms with Crippen LogP contribution in [-0.2, 0) is 6.54 Å². The minimum atomic E-state index is 0.565. The molecule has 22 heavy (non-hydrogen) atoms. The minimum Gasteiger partial charge on any atom is -0.340 e. The minimum absolute atomic E-state index is 0.565. The van der Waals surface area contributed by atoms with E-state index in [0.29, 0.717) is 11.6 Å². The van der Waals surface area contributed by atoms with Gasteiger partial charge in [-0.05, 0) is 30.5 Å². The van der Waals surface area contributed by atoms with Gasteiger partial charge in [-0.1, -0.05) is 11.6 Å². The fourth-order valence-corrected chi connectivity index (χ4v) is 3.26. The molecule has 0 amide bonds. The average Bonchev–Trinajstić information content (AvgIpc) is 3.08. The summed E-state index contributed by atoms with van der Waals surface area (Å²) < 4.78 is 1.92. The third-order valence-corrected chi connectivity index (χ3v) is 4.43. The molecule has 5 nitrogen and oxygen atoms in total. The van der Waals surface area contributed by atoms with Crippen molar-refractivity contribution in [3.05, 3.63) is 47.5 Å². The predicted molar refractivity (Wildman–Crippen MR) is 89.5 cm³/mol. The fourth-order valence-electron chi connectivity index (χ4n) is 2.51. The molecule has 4 rings (SSSR count). The molecule has 0 radical (unpaired) electrons. The van der Waals surface area contributed by atoms with Crippen molar-refractivity contribution in [2.75, 3.05) is 6.26 Å². The number of H-pyrrole nitrogens is 1. The van der Waals surface area contributed by atoms with E-state index in [9.17, 15) is 0 Å². The number of aromatic amines is 1. The van der Waals surface area contributed by atoms with Crippen LogP contribution in [0.1, 0.15) is 5.82 Å². The van der Waals surface area contributed by atoms with Crippen molar-refractivity contribution in [2.24, 2.45) is 0 Å². The van der Waals surface area contributed by atoms with Crippen molar-refractivity contribution in [1.29, 1.82) is 0 Å². The fraction of sp³-hybridized carbons (Fsp3) is 0.133. The Bertz CT molecular complexity index is 975. The summed E-state index contributed by atoms with van der Waals surface area (Å²) in [7, 11) is 0. The molecule has 7 heteroatoms. The monoisotopic (exact) mass is 329 g/mol. The van der Waals surface area contributed by atoms with Gasteiger partial charge in [-0.25, -0.2) is 4.98 Å². The standard InChI is InChI=1S/C15H12ClN5S/c1-22-15-10-4-5-17-7-13(10)21(20-15)8-14-18-11-3-2-9(16)6-12(11)19-14/h2-7H,8H2,1H3,(H,18,19). The number of hydrogen-bond acceptors (Lipinski definition) is 4. The van der Waals surface area contributed by atoms with Crippen LogP contribution in [0.4, 0.5) is 0 Å². The van der Waals surface area contributed by atoms with Crippen LogP contribution in [0.5, 0.6) is 0 Å². The summed E-state index contributed by atoms with van der Waals surface area (Å²) in [5.74, 6) is 0.846. The third-order valence-electron chi connectivity index (χ3n) is 3.51. The lowest BCUT2D eigenvalue weighted by Crippen LogP contribution is -2.03. The Kier molecular flexibility index (Phi) is 3.28. The topological polar surface area (TPSA) is 59.4 Å². The van der Waals surface area contributed by atoms with Crippen molar-refractivity contribution < 1.29 is 0 Å². The van der Waals surface area contributed by atoms with Gasteiger partial charge in [0.2, 0.25) is 0 Å². The van der Waals surface area contributed by atoms with Gasteiger partial charge in [-0.3, -0.25) is 9.67 Å². The molecule has 3 heterocycles. The zero-order valence-corrected chi connectivity index (χ0v) is 13.3. The first-order chi connectivity index (χ1) is 10.7. The number of pyridine rings is 1. The lowest BCUT2D eigenvalue weighted by molar-refractivity contribution is 0.665. The van der Waals surface area contributed by atoms with E-state index in [2.05, 4.69) is 20.1 Å². The van der Waals surface area contributed by atoms with Gasteiger partial charge < -0.3 is 4.98 Å². The summed E-state index contributed by atoms with van der Waals surface area (Å²) in [4.78, 5) is 12.1. The molecule has 0 aliphatic rings. The molecule has 0 bridgehead atoms. The van der Waals surface area contributed by atoms with E-state index in [-0.39, 0.29) is 0 Å². The van der Waals surface area contributed by atoms with Crippen molar-refractivity contribution in [3.8, 4) is 0 Å². The lowest BCUT2D eigenvalue weighted by Gasteiger charge is -1.99. The van der Waals surface area contributed by atoms with Gasteiger partial charge in [0.15, 0.2) is 0 Å². The summed E-state index contributed by atoms with van der Waals surface area (Å²) in [6.07, 6.45) is 5.65. The van der Waals surface area contributed by atoms with Gasteiger partial charge in [0.1, 0.15) is 10.9 Å². The van der Waals surface area contributed by atoms with E-state index >= 15 is 0 Å². The molecule has 0 fully saturated rings. The molecule has 4 aromatic rings. The number of halogens is 1. The highest BCUT2D eigenvalue weighted by Crippen LogP contribution is 2.25. The summed E-state index contributed by atoms with van der Waals surface area (Å²) in [5.41, 5.74) is 2.84. The van der Waals surface area contributed by atoms with Crippen LogP contribution in [0.3, 0.4) is 0 Å². The highest BCUT2D eigenvalue weighted by molar-refractivity contribution is 7.98. The maximum absolute atomic E-state index is 6.01. The number of aromatic nitrogens is 5. The van der Waals surface area contributed by atoms with Gasteiger partial charge >= 0.3 is 0 Å². The van der Waals surface area contributed by atoms with Gasteiger partial charge in [0.25, 0.3) is 0 Å². The first-order valence-electron chi connectivity index (χ1n) is 6.73. The number of hydrogen-bond donors (Lipinski definition) is 1. The molecule has 0 aliphatic carbocycles. The largest absolute Gasteiger partial charge is 0.340 e. The molecule has 0 unspecified atom stereocenters. The van der Waals surface area contributed by atoms with Crippen LogP contribution in [0.2, 0.25) is 5.02 Å². The van der Waals surface area contributed by atoms with Crippen LogP contribution in [0, 0.1) is 0 Å². The Labute approximate surface area is 135 Å². The van der Waals surface area contributed by atoms with E-state index in [0.717, 1.165) is 32.8 Å². The van der Waals surface area contributed by atoms with Crippen LogP contribution in [0.15, 0.2) is 41.7 Å². The second kappa shape index (κ2) is 5.30. The molecule has 0 spiro atoms. The first kappa shape index (κ1) is 13.6. The van der Waals surface area contributed by atoms with E-state index < -0.39 is 0 Å². The normalized spacial score (nSPS) is 11.5. The van der Waals surface area contributed by atoms with Crippen LogP contribution >= 0.6 is 23.4 Å². The lowest BCUT2D eigenvalue weighted by atomic mass is 10.3. The Morgan fingerprint density at radius 3 is 3.09 bits per heavy atom. The highest BCUT2D eigenvalue weighted by atomic mass is 35.5. The SMILES string of the molecule is CSc1nn(Cc2nc3ccc(Cl)cc3[nH]2)c2cnccc12. The second-order valence-corrected chi connectivity index (χ2v) is 6.14. The number of benzene rings is 1. The Balaban J connectivity index is 1.78. The molecule has 110 valence electrons. The molecule has 0 atom stereocenters. The maximum atomic E-state index is 6.01. The van der Waals surface area contributed by atoms with Gasteiger partial charge in [-0.2, -0.15) is 5.10 Å². The van der Waals surface area contributed by atoms with Crippen molar-refractivity contribution in [2.45, 2.75) is 11.6 Å². The number of rotatable bonds is 3. The second-order valence-electron chi connectivity index (χ2n) is 4.90. The molecule has 1 N–H and O–H groups in total. The van der Waals surface area contributed by atoms with E-state index in [1.54, 1.807) is 18.0 Å². The Morgan fingerprint density at radius 2 is 2.23 bits per heavy atom. The van der Waals surface area contributed by atoms with Crippen molar-refractivity contribution in [3.63, 3.8) is 0 Å². The molecule has 0 aliphatic heterocycles. The zero-order valence-electron chi connectivity index (χ0n) is 11.7. The number of thioether (sulfide) groups is 1. The summed E-state index contributed by atoms with van der Waals surface area (Å²) >= 11 is 7.64. The smallest absolute Gasteiger partial charge is 0.129 e. The third kappa shape index (κ3) is 2.24. The van der Waals surface area contributed by atoms with Gasteiger partial charge in [-0.15, -0.1) is 11.8 Å². The van der Waals surface area contributed by atoms with E-state index in [1.807, 2.05) is 41.4 Å². The quantitative estimate of drug-likeness (QED) is 0.582. The average molecular weight is 330 g/mol. The summed E-state index contributed by atoms with van der Waals surface area (Å²) in [6, 6.07) is 7.62. The number of nitrogens with one attached hydrogen (secondary N) is 1.